The Balaban J connectivity index is 0.995. The molecule has 0 unspecified atom stereocenters. The maximum absolute atomic E-state index is 15.5. The number of hydrogen-bond donors (Lipinski definition) is 0. The highest BCUT2D eigenvalue weighted by Gasteiger charge is 2.42. The molecule has 0 radical (unpaired) electrons. The van der Waals surface area contributed by atoms with Crippen molar-refractivity contribution >= 4 is 117 Å². The summed E-state index contributed by atoms with van der Waals surface area (Å²) in [5, 5.41) is 16.5. The highest BCUT2D eigenvalue weighted by atomic mass is 31.1. The molecule has 7 heteroatoms. The smallest absolute Gasteiger partial charge is 0.178 e. The summed E-state index contributed by atoms with van der Waals surface area (Å²) < 4.78 is 0. The third-order valence-corrected chi connectivity index (χ3v) is 34.4. The van der Waals surface area contributed by atoms with Gasteiger partial charge in [0.05, 0.1) is 0 Å². The molecule has 0 aromatic heterocycles. The Morgan fingerprint density at radius 3 is 0.436 bits per heavy atom. The molecule has 0 aliphatic rings. The van der Waals surface area contributed by atoms with Crippen LogP contribution in [0.4, 0.5) is 0 Å². The molecule has 94 heavy (non-hydrogen) atoms. The molecule has 464 valence electrons. The predicted molar refractivity (Wildman–Crippen MR) is 421 cm³/mol. The molecule has 0 saturated heterocycles. The minimum atomic E-state index is -0.862. The molecule has 0 heterocycles. The van der Waals surface area contributed by atoms with E-state index in [0.717, 1.165) is 49.8 Å². The Labute approximate surface area is 566 Å². The zero-order valence-electron chi connectivity index (χ0n) is 53.2. The molecule has 0 bridgehead atoms. The number of ketones is 1. The van der Waals surface area contributed by atoms with Crippen LogP contribution >= 0.6 is 47.5 Å². The Morgan fingerprint density at radius 2 is 0.319 bits per heavy atom. The lowest BCUT2D eigenvalue weighted by atomic mass is 9.90. The molecule has 1 nitrogen and oxygen atoms in total. The van der Waals surface area contributed by atoms with E-state index in [1.165, 1.54) is 63.7 Å². The maximum Gasteiger partial charge on any atom is 0.178 e. The van der Waals surface area contributed by atoms with Crippen LogP contribution in [-0.2, 0) is 4.79 Å². The molecule has 0 atom stereocenters. The highest BCUT2D eigenvalue weighted by Crippen LogP contribution is 2.56. The van der Waals surface area contributed by atoms with E-state index in [2.05, 4.69) is 376 Å². The van der Waals surface area contributed by atoms with E-state index in [-0.39, 0.29) is 16.6 Å². The van der Waals surface area contributed by atoms with Crippen LogP contribution in [0.1, 0.15) is 12.8 Å². The van der Waals surface area contributed by atoms with E-state index in [1.807, 2.05) is 12.2 Å². The summed E-state index contributed by atoms with van der Waals surface area (Å²) in [4.78, 5) is 15.5. The first-order chi connectivity index (χ1) is 46.5. The third kappa shape index (κ3) is 18.0. The number of carbonyl (C=O) groups is 1. The maximum atomic E-state index is 15.5. The summed E-state index contributed by atoms with van der Waals surface area (Å²) in [6, 6.07) is 136. The van der Waals surface area contributed by atoms with Gasteiger partial charge >= 0.3 is 0 Å². The first kappa shape index (κ1) is 66.4. The first-order valence-corrected chi connectivity index (χ1v) is 41.8. The molecule has 0 N–H and O–H groups in total. The lowest BCUT2D eigenvalue weighted by molar-refractivity contribution is -0.110. The topological polar surface area (TPSA) is 17.1 Å². The minimum absolute atomic E-state index is 0.0353. The summed E-state index contributed by atoms with van der Waals surface area (Å²) in [5.74, 6) is 0.0353. The number of hydrogen-bond acceptors (Lipinski definition) is 1. The third-order valence-electron chi connectivity index (χ3n) is 17.4. The van der Waals surface area contributed by atoms with Crippen LogP contribution in [-0.4, -0.2) is 42.8 Å². The van der Waals surface area contributed by atoms with Crippen molar-refractivity contribution in [2.24, 2.45) is 10.8 Å². The molecule has 12 aromatic rings. The van der Waals surface area contributed by atoms with E-state index in [4.69, 9.17) is 0 Å². The Morgan fingerprint density at radius 1 is 0.202 bits per heavy atom. The average Bonchev–Trinajstić information content (AvgIpc) is 0.823. The fourth-order valence-corrected chi connectivity index (χ4v) is 30.5. The average molecular weight is 1330 g/mol. The van der Waals surface area contributed by atoms with Gasteiger partial charge in [0.25, 0.3) is 0 Å². The standard InChI is InChI=1S/C87H80OP6/c88-73(39-37-65-86(67-89(74-41-13-1-14-42-74)75-43-15-2-16-44-75,68-90(76-45-17-3-18-46-76)77-47-19-4-20-48-77)69-91(78-49-21-5-22-50-78)79-51-23-6-24-52-79)40-38-66-87(70-92(80-53-25-7-26-54-80)81-55-27-8-28-56-81,71-93(82-57-29-9-30-58-82)83-59-31-10-32-60-83)72-94(84-61-33-11-34-62-84)85-63-35-12-36-64-85/h1-64H,65-72H2. The lowest BCUT2D eigenvalue weighted by Gasteiger charge is -2.42. The SMILES string of the molecule is O=C(C=CCC(CP(c1ccccc1)c1ccccc1)(CP(c1ccccc1)c1ccccc1)CP(c1ccccc1)c1ccccc1)C=CCC(CP(c1ccccc1)c1ccccc1)(CP(c1ccccc1)c1ccccc1)CP(c1ccccc1)c1ccccc1. The van der Waals surface area contributed by atoms with Gasteiger partial charge in [0.1, 0.15) is 0 Å². The summed E-state index contributed by atoms with van der Waals surface area (Å²) >= 11 is 0. The van der Waals surface area contributed by atoms with Crippen molar-refractivity contribution in [3.8, 4) is 0 Å². The van der Waals surface area contributed by atoms with Gasteiger partial charge in [-0.15, -0.1) is 0 Å². The normalized spacial score (nSPS) is 12.1. The van der Waals surface area contributed by atoms with Crippen molar-refractivity contribution in [3.05, 3.63) is 388 Å². The van der Waals surface area contributed by atoms with Crippen molar-refractivity contribution in [3.63, 3.8) is 0 Å². The van der Waals surface area contributed by atoms with Gasteiger partial charge in [0, 0.05) is 0 Å². The molecule has 12 aromatic carbocycles. The summed E-state index contributed by atoms with van der Waals surface area (Å²) in [5.41, 5.74) is -0.572. The quantitative estimate of drug-likeness (QED) is 0.0324. The van der Waals surface area contributed by atoms with Gasteiger partial charge in [-0.25, -0.2) is 0 Å². The number of rotatable bonds is 30. The zero-order chi connectivity index (χ0) is 63.9. The van der Waals surface area contributed by atoms with Gasteiger partial charge in [-0.3, -0.25) is 4.79 Å². The van der Waals surface area contributed by atoms with Crippen molar-refractivity contribution in [2.75, 3.05) is 37.0 Å². The van der Waals surface area contributed by atoms with Crippen molar-refractivity contribution in [2.45, 2.75) is 12.8 Å². The largest absolute Gasteiger partial charge is 0.290 e. The zero-order valence-corrected chi connectivity index (χ0v) is 58.6. The highest BCUT2D eigenvalue weighted by molar-refractivity contribution is 7.76. The van der Waals surface area contributed by atoms with Crippen LogP contribution in [0, 0.1) is 10.8 Å². The van der Waals surface area contributed by atoms with E-state index in [9.17, 15) is 0 Å². The molecule has 0 amide bonds. The van der Waals surface area contributed by atoms with Crippen LogP contribution in [0.3, 0.4) is 0 Å². The molecule has 12 rings (SSSR count). The van der Waals surface area contributed by atoms with Crippen LogP contribution in [0.2, 0.25) is 0 Å². The molecular weight excluding hydrogens is 1250 g/mol. The summed E-state index contributed by atoms with van der Waals surface area (Å²) in [6.45, 7) is 0. The van der Waals surface area contributed by atoms with Crippen molar-refractivity contribution < 1.29 is 4.79 Å². The van der Waals surface area contributed by atoms with Crippen molar-refractivity contribution in [1.82, 2.24) is 0 Å². The first-order valence-electron chi connectivity index (χ1n) is 32.6. The van der Waals surface area contributed by atoms with E-state index >= 15 is 4.79 Å². The van der Waals surface area contributed by atoms with E-state index in [1.54, 1.807) is 0 Å². The summed E-state index contributed by atoms with van der Waals surface area (Å²) in [7, 11) is -5.17. The van der Waals surface area contributed by atoms with Gasteiger partial charge in [-0.1, -0.05) is 376 Å². The van der Waals surface area contributed by atoms with Gasteiger partial charge < -0.3 is 0 Å². The minimum Gasteiger partial charge on any atom is -0.290 e. The van der Waals surface area contributed by atoms with E-state index in [0.29, 0.717) is 0 Å². The molecule has 0 saturated carbocycles. The fourth-order valence-electron chi connectivity index (χ4n) is 12.9. The second kappa shape index (κ2) is 34.2. The molecule has 0 aliphatic carbocycles. The Kier molecular flexibility index (Phi) is 24.1. The monoisotopic (exact) mass is 1330 g/mol. The molecular formula is C87H80OP6. The number of carbonyl (C=O) groups excluding carboxylic acids is 1. The second-order valence-corrected chi connectivity index (χ2v) is 37.4. The van der Waals surface area contributed by atoms with Gasteiger partial charge in [0.15, 0.2) is 5.78 Å². The van der Waals surface area contributed by atoms with Gasteiger partial charge in [-0.05, 0) is 184 Å². The fraction of sp³-hybridized carbons (Fsp3) is 0.115. The molecule has 0 aliphatic heterocycles. The number of benzene rings is 12. The van der Waals surface area contributed by atoms with Crippen LogP contribution in [0.25, 0.3) is 0 Å². The Bertz CT molecular complexity index is 3290. The second-order valence-electron chi connectivity index (χ2n) is 24.2. The van der Waals surface area contributed by atoms with Gasteiger partial charge in [-0.2, -0.15) is 0 Å². The van der Waals surface area contributed by atoms with Crippen molar-refractivity contribution in [1.29, 1.82) is 0 Å². The number of allylic oxidation sites excluding steroid dienone is 4. The van der Waals surface area contributed by atoms with Crippen LogP contribution in [0.5, 0.6) is 0 Å². The van der Waals surface area contributed by atoms with Crippen LogP contribution < -0.4 is 63.7 Å². The van der Waals surface area contributed by atoms with Gasteiger partial charge in [0.2, 0.25) is 0 Å². The van der Waals surface area contributed by atoms with Crippen LogP contribution in [0.15, 0.2) is 388 Å². The van der Waals surface area contributed by atoms with E-state index < -0.39 is 47.5 Å². The lowest BCUT2D eigenvalue weighted by Crippen LogP contribution is -2.39. The predicted octanol–water partition coefficient (Wildman–Crippen LogP) is 17.2. The molecule has 0 spiro atoms. The summed E-state index contributed by atoms with van der Waals surface area (Å²) in [6.07, 6.45) is 15.7. The Hall–Kier alpha value is -7.63. The molecule has 0 fully saturated rings.